The second-order valence-electron chi connectivity index (χ2n) is 10.1. The predicted molar refractivity (Wildman–Crippen MR) is 129 cm³/mol. The number of carbonyl (C=O) groups is 2. The summed E-state index contributed by atoms with van der Waals surface area (Å²) in [6.07, 6.45) is 4.22. The highest BCUT2D eigenvalue weighted by molar-refractivity contribution is 7.17. The summed E-state index contributed by atoms with van der Waals surface area (Å²) in [5.74, 6) is 0.936. The minimum absolute atomic E-state index is 0.0377. The SMILES string of the molecule is CC(C)OCCCN1C(=O)c2cc3sccc3n2CC1(C)C(=O)NC1CCCC(C)C1C. The lowest BCUT2D eigenvalue weighted by Gasteiger charge is -2.45. The van der Waals surface area contributed by atoms with E-state index in [1.807, 2.05) is 42.9 Å². The van der Waals surface area contributed by atoms with Gasteiger partial charge in [-0.05, 0) is 63.0 Å². The van der Waals surface area contributed by atoms with Crippen molar-refractivity contribution < 1.29 is 14.3 Å². The average Bonchev–Trinajstić information content (AvgIpc) is 3.33. The van der Waals surface area contributed by atoms with Gasteiger partial charge in [0.15, 0.2) is 0 Å². The number of thiophene rings is 1. The predicted octanol–water partition coefficient (Wildman–Crippen LogP) is 4.67. The number of rotatable bonds is 7. The van der Waals surface area contributed by atoms with Gasteiger partial charge < -0.3 is 19.5 Å². The fraction of sp³-hybridized carbons (Fsp3) is 0.680. The third-order valence-electron chi connectivity index (χ3n) is 7.54. The van der Waals surface area contributed by atoms with Crippen LogP contribution in [0.1, 0.15) is 70.8 Å². The van der Waals surface area contributed by atoms with Gasteiger partial charge in [0.1, 0.15) is 11.2 Å². The molecule has 7 heteroatoms. The van der Waals surface area contributed by atoms with Crippen molar-refractivity contribution in [2.75, 3.05) is 13.2 Å². The van der Waals surface area contributed by atoms with E-state index in [0.29, 0.717) is 43.6 Å². The highest BCUT2D eigenvalue weighted by atomic mass is 32.1. The van der Waals surface area contributed by atoms with E-state index in [9.17, 15) is 9.59 Å². The van der Waals surface area contributed by atoms with E-state index in [4.69, 9.17) is 4.74 Å². The van der Waals surface area contributed by atoms with Gasteiger partial charge in [0, 0.05) is 19.2 Å². The molecule has 1 N–H and O–H groups in total. The molecule has 1 aliphatic carbocycles. The number of aromatic nitrogens is 1. The van der Waals surface area contributed by atoms with Crippen molar-refractivity contribution in [2.24, 2.45) is 11.8 Å². The van der Waals surface area contributed by atoms with E-state index in [-0.39, 0.29) is 24.0 Å². The van der Waals surface area contributed by atoms with E-state index in [2.05, 4.69) is 19.2 Å². The number of amides is 2. The summed E-state index contributed by atoms with van der Waals surface area (Å²) in [6.45, 7) is 12.0. The van der Waals surface area contributed by atoms with Crippen LogP contribution < -0.4 is 5.32 Å². The Kier molecular flexibility index (Phi) is 6.68. The second kappa shape index (κ2) is 9.18. The number of nitrogens with zero attached hydrogens (tertiary/aromatic N) is 2. The van der Waals surface area contributed by atoms with Gasteiger partial charge in [-0.15, -0.1) is 11.3 Å². The molecule has 4 unspecified atom stereocenters. The van der Waals surface area contributed by atoms with E-state index >= 15 is 0 Å². The van der Waals surface area contributed by atoms with Crippen molar-refractivity contribution in [2.45, 2.75) is 84.5 Å². The minimum Gasteiger partial charge on any atom is -0.379 e. The first-order valence-corrected chi connectivity index (χ1v) is 12.9. The zero-order chi connectivity index (χ0) is 23.0. The fourth-order valence-electron chi connectivity index (χ4n) is 5.27. The summed E-state index contributed by atoms with van der Waals surface area (Å²) in [5.41, 5.74) is 0.789. The summed E-state index contributed by atoms with van der Waals surface area (Å²) >= 11 is 1.63. The van der Waals surface area contributed by atoms with Crippen LogP contribution in [-0.4, -0.2) is 52.1 Å². The average molecular weight is 460 g/mol. The van der Waals surface area contributed by atoms with E-state index in [0.717, 1.165) is 23.1 Å². The van der Waals surface area contributed by atoms with Crippen molar-refractivity contribution in [1.29, 1.82) is 0 Å². The van der Waals surface area contributed by atoms with Crippen LogP contribution in [-0.2, 0) is 16.1 Å². The van der Waals surface area contributed by atoms with E-state index in [1.54, 1.807) is 16.2 Å². The number of carbonyl (C=O) groups excluding carboxylic acids is 2. The molecular formula is C25H37N3O3S. The van der Waals surface area contributed by atoms with Gasteiger partial charge in [-0.3, -0.25) is 9.59 Å². The van der Waals surface area contributed by atoms with Crippen molar-refractivity contribution in [3.05, 3.63) is 23.2 Å². The highest BCUT2D eigenvalue weighted by Gasteiger charge is 2.48. The van der Waals surface area contributed by atoms with Crippen LogP contribution in [0.4, 0.5) is 0 Å². The largest absolute Gasteiger partial charge is 0.379 e. The van der Waals surface area contributed by atoms with Gasteiger partial charge in [0.25, 0.3) is 5.91 Å². The zero-order valence-electron chi connectivity index (χ0n) is 20.0. The molecule has 4 atom stereocenters. The monoisotopic (exact) mass is 459 g/mol. The smallest absolute Gasteiger partial charge is 0.271 e. The molecule has 0 radical (unpaired) electrons. The maximum Gasteiger partial charge on any atom is 0.271 e. The molecule has 176 valence electrons. The Hall–Kier alpha value is -1.86. The van der Waals surface area contributed by atoms with Crippen molar-refractivity contribution in [3.63, 3.8) is 0 Å². The Morgan fingerprint density at radius 1 is 1.34 bits per heavy atom. The molecular weight excluding hydrogens is 422 g/mol. The minimum atomic E-state index is -0.934. The van der Waals surface area contributed by atoms with Crippen molar-refractivity contribution in [3.8, 4) is 0 Å². The third-order valence-corrected chi connectivity index (χ3v) is 8.39. The summed E-state index contributed by atoms with van der Waals surface area (Å²) < 4.78 is 8.84. The Morgan fingerprint density at radius 2 is 2.12 bits per heavy atom. The molecule has 2 aliphatic rings. The van der Waals surface area contributed by atoms with Crippen LogP contribution in [0, 0.1) is 11.8 Å². The number of fused-ring (bicyclic) bond motifs is 3. The van der Waals surface area contributed by atoms with Crippen LogP contribution in [0.15, 0.2) is 17.5 Å². The molecule has 0 spiro atoms. The summed E-state index contributed by atoms with van der Waals surface area (Å²) in [7, 11) is 0. The van der Waals surface area contributed by atoms with Crippen LogP contribution in [0.2, 0.25) is 0 Å². The first kappa shape index (κ1) is 23.3. The van der Waals surface area contributed by atoms with Crippen LogP contribution in [0.5, 0.6) is 0 Å². The molecule has 1 fully saturated rings. The van der Waals surface area contributed by atoms with Gasteiger partial charge in [-0.2, -0.15) is 0 Å². The Bertz CT molecular complexity index is 980. The topological polar surface area (TPSA) is 63.6 Å². The van der Waals surface area contributed by atoms with Crippen LogP contribution in [0.25, 0.3) is 10.2 Å². The lowest BCUT2D eigenvalue weighted by atomic mass is 9.77. The maximum atomic E-state index is 13.8. The normalized spacial score (nSPS) is 28.4. The first-order valence-electron chi connectivity index (χ1n) is 12.0. The number of ether oxygens (including phenoxy) is 1. The molecule has 1 saturated carbocycles. The van der Waals surface area contributed by atoms with Crippen molar-refractivity contribution >= 4 is 33.4 Å². The van der Waals surface area contributed by atoms with Gasteiger partial charge in [0.2, 0.25) is 5.91 Å². The number of hydrogen-bond donors (Lipinski definition) is 1. The van der Waals surface area contributed by atoms with Crippen LogP contribution in [0.3, 0.4) is 0 Å². The van der Waals surface area contributed by atoms with Gasteiger partial charge in [0.05, 0.1) is 22.9 Å². The van der Waals surface area contributed by atoms with Gasteiger partial charge in [-0.1, -0.05) is 26.7 Å². The lowest BCUT2D eigenvalue weighted by Crippen LogP contribution is -2.65. The summed E-state index contributed by atoms with van der Waals surface area (Å²) in [5, 5.41) is 5.40. The first-order chi connectivity index (χ1) is 15.2. The van der Waals surface area contributed by atoms with E-state index < -0.39 is 5.54 Å². The van der Waals surface area contributed by atoms with Gasteiger partial charge in [-0.25, -0.2) is 0 Å². The Morgan fingerprint density at radius 3 is 2.88 bits per heavy atom. The molecule has 0 aromatic carbocycles. The molecule has 4 rings (SSSR count). The van der Waals surface area contributed by atoms with Gasteiger partial charge >= 0.3 is 0 Å². The second-order valence-corrected chi connectivity index (χ2v) is 11.1. The van der Waals surface area contributed by atoms with E-state index in [1.165, 1.54) is 6.42 Å². The number of nitrogens with one attached hydrogen (secondary N) is 1. The Balaban J connectivity index is 1.61. The molecule has 2 aromatic rings. The molecule has 0 bridgehead atoms. The quantitative estimate of drug-likeness (QED) is 0.612. The highest BCUT2D eigenvalue weighted by Crippen LogP contribution is 2.35. The molecule has 1 aliphatic heterocycles. The molecule has 32 heavy (non-hydrogen) atoms. The maximum absolute atomic E-state index is 13.8. The molecule has 6 nitrogen and oxygen atoms in total. The molecule has 3 heterocycles. The summed E-state index contributed by atoms with van der Waals surface area (Å²) in [4.78, 5) is 29.2. The van der Waals surface area contributed by atoms with Crippen LogP contribution >= 0.6 is 11.3 Å². The fourth-order valence-corrected chi connectivity index (χ4v) is 6.10. The standard InChI is InChI=1S/C25H37N3O3S/c1-16(2)31-12-7-11-28-23(29)21-14-22-20(10-13-32-22)27(21)15-25(28,5)24(30)26-19-9-6-8-17(3)18(19)4/h10,13-14,16-19H,6-9,11-12,15H2,1-5H3,(H,26,30). The lowest BCUT2D eigenvalue weighted by molar-refractivity contribution is -0.134. The summed E-state index contributed by atoms with van der Waals surface area (Å²) in [6, 6.07) is 4.19. The number of hydrogen-bond acceptors (Lipinski definition) is 4. The van der Waals surface area contributed by atoms with Crippen molar-refractivity contribution in [1.82, 2.24) is 14.8 Å². The third kappa shape index (κ3) is 4.21. The molecule has 0 saturated heterocycles. The Labute approximate surface area is 195 Å². The molecule has 2 amide bonds. The molecule has 2 aromatic heterocycles. The zero-order valence-corrected chi connectivity index (χ0v) is 20.8.